The van der Waals surface area contributed by atoms with Crippen molar-refractivity contribution in [1.29, 1.82) is 0 Å². The quantitative estimate of drug-likeness (QED) is 0.596. The molecule has 0 aromatic carbocycles. The van der Waals surface area contributed by atoms with Crippen molar-refractivity contribution in [2.45, 2.75) is 45.1 Å². The Morgan fingerprint density at radius 3 is 2.67 bits per heavy atom. The number of aliphatic hydroxyl groups excluding tert-OH is 1. The molecule has 15 heavy (non-hydrogen) atoms. The molecule has 1 fully saturated rings. The minimum atomic E-state index is 0.303. The van der Waals surface area contributed by atoms with Crippen LogP contribution in [0.25, 0.3) is 0 Å². The van der Waals surface area contributed by atoms with E-state index in [0.29, 0.717) is 12.6 Å². The highest BCUT2D eigenvalue weighted by Crippen LogP contribution is 2.07. The number of hydrogen-bond donors (Lipinski definition) is 2. The predicted octanol–water partition coefficient (Wildman–Crippen LogP) is 1.22. The van der Waals surface area contributed by atoms with Crippen LogP contribution in [0.1, 0.15) is 39.0 Å². The second-order valence-corrected chi connectivity index (χ2v) is 4.47. The lowest BCUT2D eigenvalue weighted by Crippen LogP contribution is -2.32. The van der Waals surface area contributed by atoms with E-state index in [9.17, 15) is 0 Å². The van der Waals surface area contributed by atoms with Crippen molar-refractivity contribution < 1.29 is 5.11 Å². The molecule has 0 amide bonds. The van der Waals surface area contributed by atoms with Crippen LogP contribution in [0.15, 0.2) is 0 Å². The van der Waals surface area contributed by atoms with Gasteiger partial charge in [-0.05, 0) is 58.3 Å². The molecule has 3 heteroatoms. The van der Waals surface area contributed by atoms with Crippen LogP contribution in [0.4, 0.5) is 0 Å². The van der Waals surface area contributed by atoms with Crippen molar-refractivity contribution in [1.82, 2.24) is 10.2 Å². The Kier molecular flexibility index (Phi) is 6.98. The number of rotatable bonds is 8. The van der Waals surface area contributed by atoms with Gasteiger partial charge in [0.05, 0.1) is 0 Å². The lowest BCUT2D eigenvalue weighted by Gasteiger charge is -2.18. The zero-order valence-corrected chi connectivity index (χ0v) is 10.0. The molecule has 0 aliphatic carbocycles. The summed E-state index contributed by atoms with van der Waals surface area (Å²) < 4.78 is 0. The van der Waals surface area contributed by atoms with Gasteiger partial charge in [-0.1, -0.05) is 6.92 Å². The van der Waals surface area contributed by atoms with E-state index in [-0.39, 0.29) is 0 Å². The van der Waals surface area contributed by atoms with Crippen LogP contribution in [0.2, 0.25) is 0 Å². The fourth-order valence-corrected chi connectivity index (χ4v) is 2.22. The number of nitrogens with one attached hydrogen (secondary N) is 1. The largest absolute Gasteiger partial charge is 0.396 e. The van der Waals surface area contributed by atoms with Crippen LogP contribution in [0, 0.1) is 0 Å². The molecule has 0 saturated carbocycles. The molecule has 1 rings (SSSR count). The molecule has 1 saturated heterocycles. The SMILES string of the molecule is CCC(CCO)NCCCN1CCCC1. The molecule has 1 aliphatic rings. The van der Waals surface area contributed by atoms with Crippen LogP contribution in [0.3, 0.4) is 0 Å². The molecule has 0 aromatic heterocycles. The second kappa shape index (κ2) is 8.08. The minimum Gasteiger partial charge on any atom is -0.396 e. The van der Waals surface area contributed by atoms with Gasteiger partial charge < -0.3 is 15.3 Å². The first-order valence-electron chi connectivity index (χ1n) is 6.43. The molecule has 2 N–H and O–H groups in total. The molecule has 0 radical (unpaired) electrons. The highest BCUT2D eigenvalue weighted by Gasteiger charge is 2.10. The first kappa shape index (κ1) is 12.9. The molecule has 1 unspecified atom stereocenters. The predicted molar refractivity (Wildman–Crippen MR) is 64.1 cm³/mol. The summed E-state index contributed by atoms with van der Waals surface area (Å²) in [6.07, 6.45) is 6.01. The van der Waals surface area contributed by atoms with Gasteiger partial charge in [0.15, 0.2) is 0 Å². The van der Waals surface area contributed by atoms with Crippen molar-refractivity contribution in [2.75, 3.05) is 32.8 Å². The lowest BCUT2D eigenvalue weighted by molar-refractivity contribution is 0.260. The highest BCUT2D eigenvalue weighted by molar-refractivity contribution is 4.68. The normalized spacial score (nSPS) is 19.6. The third-order valence-corrected chi connectivity index (χ3v) is 3.25. The fraction of sp³-hybridized carbons (Fsp3) is 1.00. The summed E-state index contributed by atoms with van der Waals surface area (Å²) in [7, 11) is 0. The van der Waals surface area contributed by atoms with Crippen molar-refractivity contribution in [3.05, 3.63) is 0 Å². The van der Waals surface area contributed by atoms with E-state index in [1.807, 2.05) is 0 Å². The molecule has 1 heterocycles. The molecule has 0 aromatic rings. The maximum absolute atomic E-state index is 8.85. The maximum Gasteiger partial charge on any atom is 0.0445 e. The number of likely N-dealkylation sites (tertiary alicyclic amines) is 1. The summed E-state index contributed by atoms with van der Waals surface area (Å²) in [5.74, 6) is 0. The standard InChI is InChI=1S/C12H26N2O/c1-2-12(6-11-15)13-7-5-10-14-8-3-4-9-14/h12-13,15H,2-11H2,1H3. The minimum absolute atomic E-state index is 0.303. The third kappa shape index (κ3) is 5.50. The number of nitrogens with zero attached hydrogens (tertiary/aromatic N) is 1. The average molecular weight is 214 g/mol. The zero-order chi connectivity index (χ0) is 10.9. The molecule has 0 spiro atoms. The van der Waals surface area contributed by atoms with E-state index < -0.39 is 0 Å². The van der Waals surface area contributed by atoms with Gasteiger partial charge in [-0.2, -0.15) is 0 Å². The van der Waals surface area contributed by atoms with Crippen LogP contribution in [0.5, 0.6) is 0 Å². The molecule has 1 aliphatic heterocycles. The number of aliphatic hydroxyl groups is 1. The van der Waals surface area contributed by atoms with Crippen molar-refractivity contribution in [2.24, 2.45) is 0 Å². The Morgan fingerprint density at radius 2 is 2.07 bits per heavy atom. The van der Waals surface area contributed by atoms with Gasteiger partial charge in [0.2, 0.25) is 0 Å². The Hall–Kier alpha value is -0.120. The first-order valence-corrected chi connectivity index (χ1v) is 6.43. The van der Waals surface area contributed by atoms with E-state index >= 15 is 0 Å². The maximum atomic E-state index is 8.85. The van der Waals surface area contributed by atoms with Gasteiger partial charge in [0.25, 0.3) is 0 Å². The van der Waals surface area contributed by atoms with E-state index in [2.05, 4.69) is 17.1 Å². The summed E-state index contributed by atoms with van der Waals surface area (Å²) in [6, 6.07) is 0.508. The summed E-state index contributed by atoms with van der Waals surface area (Å²) in [5, 5.41) is 12.4. The lowest BCUT2D eigenvalue weighted by atomic mass is 10.1. The summed E-state index contributed by atoms with van der Waals surface area (Å²) in [4.78, 5) is 2.55. The molecule has 90 valence electrons. The Morgan fingerprint density at radius 1 is 1.33 bits per heavy atom. The zero-order valence-electron chi connectivity index (χ0n) is 10.0. The summed E-state index contributed by atoms with van der Waals surface area (Å²) >= 11 is 0. The molecular formula is C12H26N2O. The van der Waals surface area contributed by atoms with Gasteiger partial charge in [-0.25, -0.2) is 0 Å². The van der Waals surface area contributed by atoms with Gasteiger partial charge >= 0.3 is 0 Å². The van der Waals surface area contributed by atoms with Gasteiger partial charge in [0, 0.05) is 12.6 Å². The van der Waals surface area contributed by atoms with Gasteiger partial charge in [0.1, 0.15) is 0 Å². The van der Waals surface area contributed by atoms with Crippen LogP contribution < -0.4 is 5.32 Å². The van der Waals surface area contributed by atoms with Crippen molar-refractivity contribution in [3.63, 3.8) is 0 Å². The van der Waals surface area contributed by atoms with Crippen molar-refractivity contribution >= 4 is 0 Å². The second-order valence-electron chi connectivity index (χ2n) is 4.47. The van der Waals surface area contributed by atoms with Crippen LogP contribution >= 0.6 is 0 Å². The van der Waals surface area contributed by atoms with Crippen LogP contribution in [-0.4, -0.2) is 48.8 Å². The molecule has 3 nitrogen and oxygen atoms in total. The van der Waals surface area contributed by atoms with Crippen molar-refractivity contribution in [3.8, 4) is 0 Å². The fourth-order valence-electron chi connectivity index (χ4n) is 2.22. The monoisotopic (exact) mass is 214 g/mol. The topological polar surface area (TPSA) is 35.5 Å². The van der Waals surface area contributed by atoms with E-state index in [4.69, 9.17) is 5.11 Å². The molecule has 0 bridgehead atoms. The number of hydrogen-bond acceptors (Lipinski definition) is 3. The molecular weight excluding hydrogens is 188 g/mol. The first-order chi connectivity index (χ1) is 7.36. The summed E-state index contributed by atoms with van der Waals surface area (Å²) in [6.45, 7) is 7.41. The highest BCUT2D eigenvalue weighted by atomic mass is 16.3. The Bertz CT molecular complexity index is 147. The summed E-state index contributed by atoms with van der Waals surface area (Å²) in [5.41, 5.74) is 0. The molecule has 1 atom stereocenters. The Labute approximate surface area is 93.9 Å². The van der Waals surface area contributed by atoms with Gasteiger partial charge in [-0.3, -0.25) is 0 Å². The van der Waals surface area contributed by atoms with E-state index in [1.165, 1.54) is 38.9 Å². The average Bonchev–Trinajstić information content (AvgIpc) is 2.75. The Balaban J connectivity index is 1.94. The smallest absolute Gasteiger partial charge is 0.0445 e. The third-order valence-electron chi connectivity index (χ3n) is 3.25. The van der Waals surface area contributed by atoms with E-state index in [1.54, 1.807) is 0 Å². The van der Waals surface area contributed by atoms with Crippen LogP contribution in [-0.2, 0) is 0 Å². The van der Waals surface area contributed by atoms with E-state index in [0.717, 1.165) is 19.4 Å². The van der Waals surface area contributed by atoms with Gasteiger partial charge in [-0.15, -0.1) is 0 Å².